The fourth-order valence-corrected chi connectivity index (χ4v) is 2.64. The lowest BCUT2D eigenvalue weighted by Crippen LogP contribution is -2.29. The molecule has 1 heterocycles. The van der Waals surface area contributed by atoms with Crippen LogP contribution in [0.25, 0.3) is 0 Å². The minimum absolute atomic E-state index is 0.125. The first-order valence-electron chi connectivity index (χ1n) is 7.50. The second kappa shape index (κ2) is 8.18. The molecule has 1 saturated heterocycles. The number of carbonyl (C=O) groups excluding carboxylic acids is 1. The van der Waals surface area contributed by atoms with Gasteiger partial charge in [-0.25, -0.2) is 0 Å². The molecule has 0 N–H and O–H groups in total. The standard InChI is InChI=1S/C17H24O3/c1-14(18)12-17-9-5-8-16(20-17)10-11-19-13-15-6-3-2-4-7-15/h2-4,6-7,16-17H,5,8-13H2,1H3/t16-,17+/m1/s1. The van der Waals surface area contributed by atoms with Gasteiger partial charge in [-0.2, -0.15) is 0 Å². The molecule has 3 heteroatoms. The summed E-state index contributed by atoms with van der Waals surface area (Å²) in [5.41, 5.74) is 1.20. The van der Waals surface area contributed by atoms with Crippen molar-refractivity contribution in [2.24, 2.45) is 0 Å². The number of carbonyl (C=O) groups is 1. The van der Waals surface area contributed by atoms with Crippen molar-refractivity contribution < 1.29 is 14.3 Å². The Morgan fingerprint density at radius 1 is 1.25 bits per heavy atom. The molecule has 3 nitrogen and oxygen atoms in total. The molecule has 1 aromatic carbocycles. The van der Waals surface area contributed by atoms with Crippen molar-refractivity contribution in [2.75, 3.05) is 6.61 Å². The first-order chi connectivity index (χ1) is 9.74. The molecule has 2 rings (SSSR count). The third-order valence-corrected chi connectivity index (χ3v) is 3.65. The summed E-state index contributed by atoms with van der Waals surface area (Å²) < 4.78 is 11.6. The van der Waals surface area contributed by atoms with Crippen LogP contribution < -0.4 is 0 Å². The van der Waals surface area contributed by atoms with Gasteiger partial charge in [0, 0.05) is 13.0 Å². The van der Waals surface area contributed by atoms with Crippen LogP contribution in [0.15, 0.2) is 30.3 Å². The van der Waals surface area contributed by atoms with Gasteiger partial charge >= 0.3 is 0 Å². The Labute approximate surface area is 121 Å². The molecule has 0 aliphatic carbocycles. The lowest BCUT2D eigenvalue weighted by atomic mass is 9.99. The summed E-state index contributed by atoms with van der Waals surface area (Å²) in [6.45, 7) is 3.01. The zero-order valence-electron chi connectivity index (χ0n) is 12.2. The summed E-state index contributed by atoms with van der Waals surface area (Å²) in [4.78, 5) is 11.1. The van der Waals surface area contributed by atoms with Gasteiger partial charge in [0.1, 0.15) is 5.78 Å². The zero-order chi connectivity index (χ0) is 14.2. The van der Waals surface area contributed by atoms with Crippen molar-refractivity contribution in [1.29, 1.82) is 0 Å². The number of ketones is 1. The first-order valence-corrected chi connectivity index (χ1v) is 7.50. The van der Waals surface area contributed by atoms with Gasteiger partial charge in [-0.05, 0) is 38.2 Å². The van der Waals surface area contributed by atoms with Crippen molar-refractivity contribution in [3.8, 4) is 0 Å². The van der Waals surface area contributed by atoms with Crippen LogP contribution in [0.3, 0.4) is 0 Å². The van der Waals surface area contributed by atoms with Crippen LogP contribution in [0.5, 0.6) is 0 Å². The normalized spacial score (nSPS) is 22.6. The highest BCUT2D eigenvalue weighted by Crippen LogP contribution is 2.23. The van der Waals surface area contributed by atoms with Crippen molar-refractivity contribution in [2.45, 2.75) is 57.8 Å². The highest BCUT2D eigenvalue weighted by Gasteiger charge is 2.23. The molecule has 0 spiro atoms. The summed E-state index contributed by atoms with van der Waals surface area (Å²) >= 11 is 0. The van der Waals surface area contributed by atoms with Crippen molar-refractivity contribution >= 4 is 5.78 Å². The van der Waals surface area contributed by atoms with Gasteiger partial charge < -0.3 is 9.47 Å². The number of hydrogen-bond acceptors (Lipinski definition) is 3. The van der Waals surface area contributed by atoms with Gasteiger partial charge in [-0.3, -0.25) is 4.79 Å². The first kappa shape index (κ1) is 15.2. The maximum Gasteiger partial charge on any atom is 0.132 e. The zero-order valence-corrected chi connectivity index (χ0v) is 12.2. The highest BCUT2D eigenvalue weighted by molar-refractivity contribution is 5.75. The molecular formula is C17H24O3. The second-order valence-electron chi connectivity index (χ2n) is 5.54. The lowest BCUT2D eigenvalue weighted by Gasteiger charge is -2.29. The monoisotopic (exact) mass is 276 g/mol. The fraction of sp³-hybridized carbons (Fsp3) is 0.588. The molecule has 1 aliphatic rings. The van der Waals surface area contributed by atoms with Gasteiger partial charge in [0.2, 0.25) is 0 Å². The maximum absolute atomic E-state index is 11.1. The van der Waals surface area contributed by atoms with Crippen LogP contribution in [0.4, 0.5) is 0 Å². The van der Waals surface area contributed by atoms with E-state index in [0.29, 0.717) is 19.6 Å². The number of rotatable bonds is 7. The highest BCUT2D eigenvalue weighted by atomic mass is 16.5. The van der Waals surface area contributed by atoms with Gasteiger partial charge in [-0.1, -0.05) is 30.3 Å². The molecule has 2 atom stereocenters. The van der Waals surface area contributed by atoms with E-state index in [4.69, 9.17) is 9.47 Å². The van der Waals surface area contributed by atoms with Gasteiger partial charge in [-0.15, -0.1) is 0 Å². The molecule has 0 unspecified atom stereocenters. The molecular weight excluding hydrogens is 252 g/mol. The second-order valence-corrected chi connectivity index (χ2v) is 5.54. The van der Waals surface area contributed by atoms with Gasteiger partial charge in [0.25, 0.3) is 0 Å². The average molecular weight is 276 g/mol. The number of hydrogen-bond donors (Lipinski definition) is 0. The lowest BCUT2D eigenvalue weighted by molar-refractivity contribution is -0.123. The Morgan fingerprint density at radius 2 is 2.00 bits per heavy atom. The Morgan fingerprint density at radius 3 is 2.75 bits per heavy atom. The molecule has 0 saturated carbocycles. The van der Waals surface area contributed by atoms with E-state index >= 15 is 0 Å². The van der Waals surface area contributed by atoms with Crippen LogP contribution in [0.1, 0.15) is 44.6 Å². The van der Waals surface area contributed by atoms with Crippen molar-refractivity contribution in [3.05, 3.63) is 35.9 Å². The van der Waals surface area contributed by atoms with E-state index in [1.807, 2.05) is 18.2 Å². The number of ether oxygens (including phenoxy) is 2. The predicted molar refractivity (Wildman–Crippen MR) is 78.5 cm³/mol. The van der Waals surface area contributed by atoms with E-state index in [1.165, 1.54) is 5.56 Å². The van der Waals surface area contributed by atoms with Crippen LogP contribution in [0.2, 0.25) is 0 Å². The van der Waals surface area contributed by atoms with Crippen LogP contribution >= 0.6 is 0 Å². The van der Waals surface area contributed by atoms with E-state index in [2.05, 4.69) is 12.1 Å². The molecule has 0 radical (unpaired) electrons. The summed E-state index contributed by atoms with van der Waals surface area (Å²) in [7, 11) is 0. The molecule has 0 aromatic heterocycles. The summed E-state index contributed by atoms with van der Waals surface area (Å²) in [6.07, 6.45) is 5.11. The quantitative estimate of drug-likeness (QED) is 0.715. The largest absolute Gasteiger partial charge is 0.377 e. The molecule has 1 fully saturated rings. The minimum Gasteiger partial charge on any atom is -0.377 e. The van der Waals surface area contributed by atoms with Crippen LogP contribution in [-0.2, 0) is 20.9 Å². The number of benzene rings is 1. The van der Waals surface area contributed by atoms with E-state index in [1.54, 1.807) is 6.92 Å². The Bertz CT molecular complexity index is 402. The third kappa shape index (κ3) is 5.43. The van der Waals surface area contributed by atoms with Crippen LogP contribution in [-0.4, -0.2) is 24.6 Å². The number of Topliss-reactive ketones (excluding diaryl/α,β-unsaturated/α-hetero) is 1. The van der Waals surface area contributed by atoms with Crippen molar-refractivity contribution in [1.82, 2.24) is 0 Å². The van der Waals surface area contributed by atoms with Gasteiger partial charge in [0.15, 0.2) is 0 Å². The van der Waals surface area contributed by atoms with E-state index < -0.39 is 0 Å². The van der Waals surface area contributed by atoms with Crippen molar-refractivity contribution in [3.63, 3.8) is 0 Å². The Kier molecular flexibility index (Phi) is 6.22. The smallest absolute Gasteiger partial charge is 0.132 e. The van der Waals surface area contributed by atoms with Crippen LogP contribution in [0, 0.1) is 0 Å². The van der Waals surface area contributed by atoms with Gasteiger partial charge in [0.05, 0.1) is 18.8 Å². The average Bonchev–Trinajstić information content (AvgIpc) is 2.44. The SMILES string of the molecule is CC(=O)C[C@@H]1CCC[C@H](CCOCc2ccccc2)O1. The van der Waals surface area contributed by atoms with E-state index in [9.17, 15) is 4.79 Å². The molecule has 110 valence electrons. The molecule has 0 bridgehead atoms. The summed E-state index contributed by atoms with van der Waals surface area (Å²) in [5.74, 6) is 0.218. The predicted octanol–water partition coefficient (Wildman–Crippen LogP) is 3.51. The molecule has 1 aliphatic heterocycles. The Balaban J connectivity index is 1.62. The maximum atomic E-state index is 11.1. The third-order valence-electron chi connectivity index (χ3n) is 3.65. The summed E-state index contributed by atoms with van der Waals surface area (Å²) in [6, 6.07) is 10.2. The van der Waals surface area contributed by atoms with E-state index in [-0.39, 0.29) is 18.0 Å². The van der Waals surface area contributed by atoms with E-state index in [0.717, 1.165) is 25.7 Å². The molecule has 20 heavy (non-hydrogen) atoms. The minimum atomic E-state index is 0.125. The molecule has 1 aromatic rings. The summed E-state index contributed by atoms with van der Waals surface area (Å²) in [5, 5.41) is 0. The Hall–Kier alpha value is -1.19. The molecule has 0 amide bonds. The topological polar surface area (TPSA) is 35.5 Å². The fourth-order valence-electron chi connectivity index (χ4n) is 2.64.